The highest BCUT2D eigenvalue weighted by molar-refractivity contribution is 7.99. The lowest BCUT2D eigenvalue weighted by Gasteiger charge is -2.12. The first kappa shape index (κ1) is 19.8. The van der Waals surface area contributed by atoms with Gasteiger partial charge in [-0.3, -0.25) is 9.79 Å². The highest BCUT2D eigenvalue weighted by atomic mass is 32.2. The Balaban J connectivity index is 2.97. The number of thioether (sulfide) groups is 1. The molecular weight excluding hydrogens is 345 g/mol. The molecule has 128 valence electrons. The fraction of sp³-hybridized carbons (Fsp3) is 0.467. The van der Waals surface area contributed by atoms with Crippen LogP contribution in [0.2, 0.25) is 0 Å². The third-order valence-electron chi connectivity index (χ3n) is 3.06. The molecule has 0 spiro atoms. The molecule has 3 nitrogen and oxygen atoms in total. The lowest BCUT2D eigenvalue weighted by atomic mass is 10.1. The van der Waals surface area contributed by atoms with Crippen LogP contribution < -0.4 is 0 Å². The van der Waals surface area contributed by atoms with E-state index in [2.05, 4.69) is 4.99 Å². The van der Waals surface area contributed by atoms with E-state index < -0.39 is 11.7 Å². The summed E-state index contributed by atoms with van der Waals surface area (Å²) in [6.07, 6.45) is -2.64. The molecule has 0 atom stereocenters. The van der Waals surface area contributed by atoms with Gasteiger partial charge in [0, 0.05) is 36.2 Å². The van der Waals surface area contributed by atoms with Gasteiger partial charge in [-0.05, 0) is 19.9 Å². The predicted molar refractivity (Wildman–Crippen MR) is 90.7 cm³/mol. The van der Waals surface area contributed by atoms with Crippen LogP contribution in [0.3, 0.4) is 0 Å². The molecule has 0 aromatic carbocycles. The van der Waals surface area contributed by atoms with Crippen molar-refractivity contribution in [2.45, 2.75) is 24.9 Å². The van der Waals surface area contributed by atoms with E-state index in [1.165, 1.54) is 42.0 Å². The second kappa shape index (κ2) is 8.54. The fourth-order valence-electron chi connectivity index (χ4n) is 1.88. The number of nitrogens with zero attached hydrogens (tertiary/aromatic N) is 2. The Labute approximate surface area is 142 Å². The molecule has 0 aliphatic carbocycles. The van der Waals surface area contributed by atoms with Crippen LogP contribution in [-0.2, 0) is 4.79 Å². The molecule has 1 aromatic rings. The van der Waals surface area contributed by atoms with E-state index >= 15 is 0 Å². The van der Waals surface area contributed by atoms with Crippen molar-refractivity contribution in [2.75, 3.05) is 26.4 Å². The minimum absolute atomic E-state index is 0.0371. The van der Waals surface area contributed by atoms with Crippen LogP contribution >= 0.6 is 23.1 Å². The first-order valence-corrected chi connectivity index (χ1v) is 8.64. The molecule has 0 aliphatic rings. The molecule has 1 amide bonds. The van der Waals surface area contributed by atoms with E-state index in [9.17, 15) is 18.0 Å². The van der Waals surface area contributed by atoms with Crippen LogP contribution in [0.1, 0.15) is 16.7 Å². The molecule has 0 unspecified atom stereocenters. The number of aliphatic imine (C=N–C) groups is 1. The molecule has 0 saturated carbocycles. The van der Waals surface area contributed by atoms with Crippen molar-refractivity contribution >= 4 is 35.2 Å². The van der Waals surface area contributed by atoms with Gasteiger partial charge in [0.1, 0.15) is 0 Å². The van der Waals surface area contributed by atoms with Gasteiger partial charge in [0.15, 0.2) is 0 Å². The second-order valence-corrected chi connectivity index (χ2v) is 7.13. The highest BCUT2D eigenvalue weighted by Gasteiger charge is 2.37. The van der Waals surface area contributed by atoms with Crippen LogP contribution in [-0.4, -0.2) is 49.6 Å². The second-order valence-electron chi connectivity index (χ2n) is 4.74. The standard InChI is InChI=1S/C15H19F3N2OS2/c1-5-11(15(16,17)18)14(19-3)13-8-12(10(2)23-13)22-7-6-20(4)9-21/h5,8-9H,6-7H2,1-4H3/b11-5+,19-14?. The van der Waals surface area contributed by atoms with Crippen molar-refractivity contribution in [2.24, 2.45) is 4.99 Å². The van der Waals surface area contributed by atoms with E-state index in [-0.39, 0.29) is 5.71 Å². The lowest BCUT2D eigenvalue weighted by molar-refractivity contribution is -0.116. The van der Waals surface area contributed by atoms with E-state index in [0.717, 1.165) is 22.3 Å². The highest BCUT2D eigenvalue weighted by Crippen LogP contribution is 2.35. The zero-order valence-corrected chi connectivity index (χ0v) is 15.0. The molecular formula is C15H19F3N2OS2. The smallest absolute Gasteiger partial charge is 0.347 e. The van der Waals surface area contributed by atoms with Gasteiger partial charge >= 0.3 is 6.18 Å². The number of hydrogen-bond donors (Lipinski definition) is 0. The number of halogens is 3. The molecule has 1 heterocycles. The van der Waals surface area contributed by atoms with Crippen LogP contribution in [0.15, 0.2) is 27.6 Å². The number of rotatable bonds is 7. The third-order valence-corrected chi connectivity index (χ3v) is 5.37. The summed E-state index contributed by atoms with van der Waals surface area (Å²) in [5.41, 5.74) is -0.761. The first-order chi connectivity index (χ1) is 10.7. The summed E-state index contributed by atoms with van der Waals surface area (Å²) in [5, 5.41) is 0. The Bertz CT molecular complexity index is 606. The summed E-state index contributed by atoms with van der Waals surface area (Å²) >= 11 is 2.82. The summed E-state index contributed by atoms with van der Waals surface area (Å²) in [6.45, 7) is 3.81. The molecule has 23 heavy (non-hydrogen) atoms. The average Bonchev–Trinajstić information content (AvgIpc) is 2.83. The van der Waals surface area contributed by atoms with Crippen molar-refractivity contribution in [3.05, 3.63) is 27.5 Å². The Morgan fingerprint density at radius 3 is 2.61 bits per heavy atom. The van der Waals surface area contributed by atoms with Gasteiger partial charge in [0.2, 0.25) is 6.41 Å². The molecule has 1 rings (SSSR count). The van der Waals surface area contributed by atoms with Crippen LogP contribution in [0.5, 0.6) is 0 Å². The summed E-state index contributed by atoms with van der Waals surface area (Å²) < 4.78 is 39.3. The molecule has 0 aliphatic heterocycles. The zero-order valence-electron chi connectivity index (χ0n) is 13.4. The minimum atomic E-state index is -4.43. The Morgan fingerprint density at radius 1 is 1.48 bits per heavy atom. The van der Waals surface area contributed by atoms with Gasteiger partial charge in [-0.1, -0.05) is 6.08 Å². The van der Waals surface area contributed by atoms with Gasteiger partial charge in [-0.2, -0.15) is 13.2 Å². The third kappa shape index (κ3) is 5.39. The number of carbonyl (C=O) groups is 1. The lowest BCUT2D eigenvalue weighted by Crippen LogP contribution is -2.20. The zero-order chi connectivity index (χ0) is 17.6. The Morgan fingerprint density at radius 2 is 2.13 bits per heavy atom. The van der Waals surface area contributed by atoms with Crippen molar-refractivity contribution in [1.29, 1.82) is 0 Å². The van der Waals surface area contributed by atoms with Gasteiger partial charge in [-0.25, -0.2) is 0 Å². The number of amides is 1. The predicted octanol–water partition coefficient (Wildman–Crippen LogP) is 4.16. The quantitative estimate of drug-likeness (QED) is 0.413. The molecule has 0 saturated heterocycles. The van der Waals surface area contributed by atoms with Crippen molar-refractivity contribution in [3.8, 4) is 0 Å². The molecule has 0 N–H and O–H groups in total. The minimum Gasteiger partial charge on any atom is -0.347 e. The van der Waals surface area contributed by atoms with Crippen LogP contribution in [0.4, 0.5) is 13.2 Å². The summed E-state index contributed by atoms with van der Waals surface area (Å²) in [5.74, 6) is 0.681. The van der Waals surface area contributed by atoms with E-state index in [1.807, 2.05) is 6.92 Å². The summed E-state index contributed by atoms with van der Waals surface area (Å²) in [6, 6.07) is 1.74. The van der Waals surface area contributed by atoms with Crippen molar-refractivity contribution in [3.63, 3.8) is 0 Å². The maximum absolute atomic E-state index is 13.1. The van der Waals surface area contributed by atoms with Crippen molar-refractivity contribution in [1.82, 2.24) is 4.90 Å². The number of aryl methyl sites for hydroxylation is 1. The van der Waals surface area contributed by atoms with Gasteiger partial charge in [0.25, 0.3) is 0 Å². The summed E-state index contributed by atoms with van der Waals surface area (Å²) in [4.78, 5) is 18.3. The largest absolute Gasteiger partial charge is 0.418 e. The maximum atomic E-state index is 13.1. The molecule has 0 radical (unpaired) electrons. The summed E-state index contributed by atoms with van der Waals surface area (Å²) in [7, 11) is 3.05. The molecule has 0 fully saturated rings. The first-order valence-electron chi connectivity index (χ1n) is 6.84. The molecule has 1 aromatic heterocycles. The monoisotopic (exact) mass is 364 g/mol. The number of hydrogen-bond acceptors (Lipinski definition) is 4. The number of carbonyl (C=O) groups excluding carboxylic acids is 1. The number of thiophene rings is 1. The number of allylic oxidation sites excluding steroid dienone is 2. The topological polar surface area (TPSA) is 32.7 Å². The van der Waals surface area contributed by atoms with E-state index in [4.69, 9.17) is 0 Å². The van der Waals surface area contributed by atoms with Gasteiger partial charge in [0.05, 0.1) is 16.2 Å². The Hall–Kier alpha value is -1.28. The van der Waals surface area contributed by atoms with Gasteiger partial charge in [-0.15, -0.1) is 23.1 Å². The average molecular weight is 364 g/mol. The fourth-order valence-corrected chi connectivity index (χ4v) is 4.22. The Kier molecular flexibility index (Phi) is 7.34. The SMILES string of the molecule is C/C=C(\C(=NC)c1cc(SCCN(C)C=O)c(C)s1)C(F)(F)F. The van der Waals surface area contributed by atoms with Crippen molar-refractivity contribution < 1.29 is 18.0 Å². The number of alkyl halides is 3. The molecule has 8 heteroatoms. The van der Waals surface area contributed by atoms with E-state index in [0.29, 0.717) is 17.2 Å². The normalized spacial score (nSPS) is 13.3. The van der Waals surface area contributed by atoms with Gasteiger partial charge < -0.3 is 4.90 Å². The maximum Gasteiger partial charge on any atom is 0.418 e. The molecule has 0 bridgehead atoms. The van der Waals surface area contributed by atoms with Crippen LogP contribution in [0, 0.1) is 6.92 Å². The van der Waals surface area contributed by atoms with E-state index in [1.54, 1.807) is 13.1 Å². The van der Waals surface area contributed by atoms with Crippen LogP contribution in [0.25, 0.3) is 0 Å².